The summed E-state index contributed by atoms with van der Waals surface area (Å²) < 4.78 is 19.3. The van der Waals surface area contributed by atoms with E-state index in [-0.39, 0.29) is 6.61 Å². The summed E-state index contributed by atoms with van der Waals surface area (Å²) in [5, 5.41) is 0. The first kappa shape index (κ1) is 15.2. The fourth-order valence-corrected chi connectivity index (χ4v) is 2.39. The van der Waals surface area contributed by atoms with Gasteiger partial charge in [0.25, 0.3) is 0 Å². The highest BCUT2D eigenvalue weighted by Crippen LogP contribution is 2.31. The first-order valence-corrected chi connectivity index (χ1v) is 6.89. The second-order valence-corrected chi connectivity index (χ2v) is 5.06. The molecular formula is C17H18FNO2. The predicted molar refractivity (Wildman–Crippen MR) is 78.3 cm³/mol. The number of rotatable bonds is 5. The molecule has 0 saturated carbocycles. The lowest BCUT2D eigenvalue weighted by Gasteiger charge is -2.28. The number of pyridine rings is 1. The zero-order chi connectivity index (χ0) is 15.3. The van der Waals surface area contributed by atoms with Gasteiger partial charge in [0.1, 0.15) is 5.82 Å². The number of carbonyl (C=O) groups is 1. The van der Waals surface area contributed by atoms with Crippen LogP contribution in [0, 0.1) is 5.82 Å². The van der Waals surface area contributed by atoms with Crippen LogP contribution in [0.1, 0.15) is 25.0 Å². The van der Waals surface area contributed by atoms with Gasteiger partial charge in [0.15, 0.2) is 0 Å². The van der Waals surface area contributed by atoms with Crippen molar-refractivity contribution in [1.29, 1.82) is 0 Å². The van der Waals surface area contributed by atoms with Gasteiger partial charge in [-0.3, -0.25) is 9.78 Å². The van der Waals surface area contributed by atoms with Crippen LogP contribution in [0.5, 0.6) is 0 Å². The van der Waals surface area contributed by atoms with Gasteiger partial charge >= 0.3 is 5.97 Å². The van der Waals surface area contributed by atoms with E-state index in [1.807, 2.05) is 12.1 Å². The number of halogens is 1. The molecule has 0 radical (unpaired) electrons. The Balaban J connectivity index is 2.44. The third kappa shape index (κ3) is 3.27. The van der Waals surface area contributed by atoms with E-state index >= 15 is 0 Å². The summed E-state index contributed by atoms with van der Waals surface area (Å²) in [7, 11) is 0. The molecule has 1 aromatic carbocycles. The van der Waals surface area contributed by atoms with Crippen LogP contribution in [0.25, 0.3) is 0 Å². The minimum atomic E-state index is -1.07. The molecule has 0 saturated heterocycles. The van der Waals surface area contributed by atoms with Crippen molar-refractivity contribution in [3.63, 3.8) is 0 Å². The van der Waals surface area contributed by atoms with E-state index in [9.17, 15) is 9.18 Å². The molecule has 0 N–H and O–H groups in total. The van der Waals surface area contributed by atoms with Crippen molar-refractivity contribution in [2.45, 2.75) is 25.7 Å². The van der Waals surface area contributed by atoms with Gasteiger partial charge in [0, 0.05) is 18.0 Å². The number of hydrogen-bond donors (Lipinski definition) is 0. The largest absolute Gasteiger partial charge is 0.465 e. The van der Waals surface area contributed by atoms with Gasteiger partial charge in [-0.05, 0) is 44.0 Å². The lowest BCUT2D eigenvalue weighted by Crippen LogP contribution is -2.37. The Labute approximate surface area is 123 Å². The van der Waals surface area contributed by atoms with Crippen molar-refractivity contribution in [1.82, 2.24) is 4.98 Å². The molecule has 3 nitrogen and oxygen atoms in total. The molecule has 4 heteroatoms. The average molecular weight is 287 g/mol. The van der Waals surface area contributed by atoms with Gasteiger partial charge in [-0.2, -0.15) is 0 Å². The van der Waals surface area contributed by atoms with Crippen molar-refractivity contribution in [3.8, 4) is 0 Å². The molecule has 0 fully saturated rings. The summed E-state index contributed by atoms with van der Waals surface area (Å²) in [6.45, 7) is 3.72. The summed E-state index contributed by atoms with van der Waals surface area (Å²) in [5.41, 5.74) is 0.187. The Morgan fingerprint density at radius 2 is 1.90 bits per heavy atom. The maximum absolute atomic E-state index is 14.2. The standard InChI is InChI=1S/C17H18FNO2/c1-3-21-16(20)17(2,12-13-8-10-19-11-9-13)14-6-4-5-7-15(14)18/h4-11H,3,12H2,1-2H3. The monoisotopic (exact) mass is 287 g/mol. The third-order valence-electron chi connectivity index (χ3n) is 3.50. The molecule has 0 amide bonds. The van der Waals surface area contributed by atoms with Crippen molar-refractivity contribution < 1.29 is 13.9 Å². The van der Waals surface area contributed by atoms with Crippen molar-refractivity contribution in [3.05, 3.63) is 65.7 Å². The Kier molecular flexibility index (Phi) is 4.68. The molecule has 21 heavy (non-hydrogen) atoms. The summed E-state index contributed by atoms with van der Waals surface area (Å²) in [6, 6.07) is 9.96. The molecular weight excluding hydrogens is 269 g/mol. The topological polar surface area (TPSA) is 39.2 Å². The summed E-state index contributed by atoms with van der Waals surface area (Å²) in [4.78, 5) is 16.4. The molecule has 0 spiro atoms. The predicted octanol–water partition coefficient (Wildman–Crippen LogP) is 3.28. The molecule has 0 aliphatic carbocycles. The third-order valence-corrected chi connectivity index (χ3v) is 3.50. The number of carbonyl (C=O) groups excluding carboxylic acids is 1. The van der Waals surface area contributed by atoms with E-state index in [1.54, 1.807) is 44.4 Å². The molecule has 0 aliphatic heterocycles. The van der Waals surface area contributed by atoms with E-state index in [2.05, 4.69) is 4.98 Å². The molecule has 2 rings (SSSR count). The number of ether oxygens (including phenoxy) is 1. The molecule has 110 valence electrons. The minimum absolute atomic E-state index is 0.263. The van der Waals surface area contributed by atoms with E-state index in [4.69, 9.17) is 4.74 Å². The first-order valence-electron chi connectivity index (χ1n) is 6.89. The minimum Gasteiger partial charge on any atom is -0.465 e. The Bertz CT molecular complexity index is 615. The number of aromatic nitrogens is 1. The maximum atomic E-state index is 14.2. The number of nitrogens with zero attached hydrogens (tertiary/aromatic N) is 1. The van der Waals surface area contributed by atoms with Gasteiger partial charge < -0.3 is 4.74 Å². The summed E-state index contributed by atoms with van der Waals surface area (Å²) in [6.07, 6.45) is 3.67. The zero-order valence-corrected chi connectivity index (χ0v) is 12.2. The van der Waals surface area contributed by atoms with Gasteiger partial charge in [0.05, 0.1) is 12.0 Å². The fraction of sp³-hybridized carbons (Fsp3) is 0.294. The second-order valence-electron chi connectivity index (χ2n) is 5.06. The lowest BCUT2D eigenvalue weighted by atomic mass is 9.77. The Hall–Kier alpha value is -2.23. The Morgan fingerprint density at radius 1 is 1.24 bits per heavy atom. The molecule has 1 heterocycles. The Morgan fingerprint density at radius 3 is 2.52 bits per heavy atom. The normalized spacial score (nSPS) is 13.5. The van der Waals surface area contributed by atoms with E-state index in [1.165, 1.54) is 6.07 Å². The first-order chi connectivity index (χ1) is 10.1. The molecule has 1 aromatic heterocycles. The van der Waals surface area contributed by atoms with Gasteiger partial charge in [-0.15, -0.1) is 0 Å². The van der Waals surface area contributed by atoms with Gasteiger partial charge in [-0.25, -0.2) is 4.39 Å². The molecule has 0 bridgehead atoms. The summed E-state index contributed by atoms with van der Waals surface area (Å²) >= 11 is 0. The highest BCUT2D eigenvalue weighted by atomic mass is 19.1. The fourth-order valence-electron chi connectivity index (χ4n) is 2.39. The van der Waals surface area contributed by atoms with Crippen LogP contribution in [0.2, 0.25) is 0 Å². The van der Waals surface area contributed by atoms with Crippen LogP contribution >= 0.6 is 0 Å². The molecule has 2 aromatic rings. The average Bonchev–Trinajstić information content (AvgIpc) is 2.48. The number of esters is 1. The van der Waals surface area contributed by atoms with Crippen molar-refractivity contribution in [2.24, 2.45) is 0 Å². The van der Waals surface area contributed by atoms with Crippen LogP contribution in [0.3, 0.4) is 0 Å². The molecule has 1 atom stereocenters. The van der Waals surface area contributed by atoms with Crippen LogP contribution in [0.4, 0.5) is 4.39 Å². The van der Waals surface area contributed by atoms with Gasteiger partial charge in [0.2, 0.25) is 0 Å². The van der Waals surface area contributed by atoms with Crippen LogP contribution in [0.15, 0.2) is 48.8 Å². The van der Waals surface area contributed by atoms with Crippen LogP contribution in [-0.4, -0.2) is 17.6 Å². The highest BCUT2D eigenvalue weighted by Gasteiger charge is 2.39. The quantitative estimate of drug-likeness (QED) is 0.792. The molecule has 1 unspecified atom stereocenters. The lowest BCUT2D eigenvalue weighted by molar-refractivity contribution is -0.149. The van der Waals surface area contributed by atoms with Crippen molar-refractivity contribution >= 4 is 5.97 Å². The summed E-state index contributed by atoms with van der Waals surface area (Å²) in [5.74, 6) is -0.825. The van der Waals surface area contributed by atoms with Crippen LogP contribution < -0.4 is 0 Å². The zero-order valence-electron chi connectivity index (χ0n) is 12.2. The smallest absolute Gasteiger partial charge is 0.316 e. The highest BCUT2D eigenvalue weighted by molar-refractivity contribution is 5.83. The number of benzene rings is 1. The molecule has 0 aliphatic rings. The number of hydrogen-bond acceptors (Lipinski definition) is 3. The SMILES string of the molecule is CCOC(=O)C(C)(Cc1ccncc1)c1ccccc1F. The van der Waals surface area contributed by atoms with Gasteiger partial charge in [-0.1, -0.05) is 18.2 Å². The van der Waals surface area contributed by atoms with E-state index in [0.29, 0.717) is 12.0 Å². The maximum Gasteiger partial charge on any atom is 0.316 e. The van der Waals surface area contributed by atoms with Crippen LogP contribution in [-0.2, 0) is 21.4 Å². The van der Waals surface area contributed by atoms with Crippen molar-refractivity contribution in [2.75, 3.05) is 6.61 Å². The van der Waals surface area contributed by atoms with E-state index in [0.717, 1.165) is 5.56 Å². The van der Waals surface area contributed by atoms with E-state index < -0.39 is 17.2 Å². The second kappa shape index (κ2) is 6.48.